The van der Waals surface area contributed by atoms with Crippen molar-refractivity contribution >= 4 is 0 Å². The van der Waals surface area contributed by atoms with Gasteiger partial charge in [0.15, 0.2) is 0 Å². The first kappa shape index (κ1) is 11.9. The van der Waals surface area contributed by atoms with Gasteiger partial charge in [-0.2, -0.15) is 0 Å². The molecular weight excluding hydrogens is 212 g/mol. The number of piperazine rings is 1. The SMILES string of the molecule is C1CC(N2CCN(C3CCNC3)CC2)CCN1. The molecule has 0 aromatic heterocycles. The number of rotatable bonds is 2. The molecule has 0 saturated carbocycles. The van der Waals surface area contributed by atoms with E-state index >= 15 is 0 Å². The van der Waals surface area contributed by atoms with Gasteiger partial charge in [-0.15, -0.1) is 0 Å². The van der Waals surface area contributed by atoms with Crippen LogP contribution in [0.25, 0.3) is 0 Å². The fourth-order valence-corrected chi connectivity index (χ4v) is 3.59. The first-order chi connectivity index (χ1) is 8.43. The van der Waals surface area contributed by atoms with E-state index < -0.39 is 0 Å². The smallest absolute Gasteiger partial charge is 0.0233 e. The highest BCUT2D eigenvalue weighted by Crippen LogP contribution is 2.17. The molecule has 3 aliphatic rings. The average molecular weight is 238 g/mol. The van der Waals surface area contributed by atoms with Crippen LogP contribution in [-0.2, 0) is 0 Å². The van der Waals surface area contributed by atoms with Gasteiger partial charge in [-0.25, -0.2) is 0 Å². The minimum absolute atomic E-state index is 0.824. The molecule has 4 heteroatoms. The molecule has 1 atom stereocenters. The van der Waals surface area contributed by atoms with Crippen molar-refractivity contribution in [1.29, 1.82) is 0 Å². The van der Waals surface area contributed by atoms with E-state index in [0.717, 1.165) is 12.1 Å². The zero-order valence-corrected chi connectivity index (χ0v) is 10.8. The van der Waals surface area contributed by atoms with Crippen LogP contribution in [0.1, 0.15) is 19.3 Å². The largest absolute Gasteiger partial charge is 0.317 e. The van der Waals surface area contributed by atoms with E-state index in [0.29, 0.717) is 0 Å². The van der Waals surface area contributed by atoms with E-state index in [4.69, 9.17) is 0 Å². The second-order valence-corrected chi connectivity index (χ2v) is 5.70. The molecule has 0 bridgehead atoms. The standard InChI is InChI=1S/C13H26N4/c1-4-14-5-2-12(1)16-7-9-17(10-8-16)13-3-6-15-11-13/h12-15H,1-11H2. The summed E-state index contributed by atoms with van der Waals surface area (Å²) in [5, 5.41) is 6.94. The third-order valence-corrected chi connectivity index (χ3v) is 4.72. The molecule has 0 aromatic carbocycles. The minimum Gasteiger partial charge on any atom is -0.317 e. The summed E-state index contributed by atoms with van der Waals surface area (Å²) in [7, 11) is 0. The van der Waals surface area contributed by atoms with E-state index in [2.05, 4.69) is 20.4 Å². The molecule has 17 heavy (non-hydrogen) atoms. The van der Waals surface area contributed by atoms with E-state index in [1.807, 2.05) is 0 Å². The quantitative estimate of drug-likeness (QED) is 0.693. The van der Waals surface area contributed by atoms with Crippen LogP contribution in [0.15, 0.2) is 0 Å². The molecule has 2 N–H and O–H groups in total. The highest BCUT2D eigenvalue weighted by atomic mass is 15.3. The summed E-state index contributed by atoms with van der Waals surface area (Å²) in [4.78, 5) is 5.44. The van der Waals surface area contributed by atoms with Crippen LogP contribution >= 0.6 is 0 Å². The van der Waals surface area contributed by atoms with Crippen molar-refractivity contribution in [3.8, 4) is 0 Å². The zero-order valence-electron chi connectivity index (χ0n) is 10.8. The molecule has 3 heterocycles. The Kier molecular flexibility index (Phi) is 3.96. The molecule has 0 radical (unpaired) electrons. The third-order valence-electron chi connectivity index (χ3n) is 4.72. The van der Waals surface area contributed by atoms with Gasteiger partial charge < -0.3 is 10.6 Å². The summed E-state index contributed by atoms with van der Waals surface area (Å²) >= 11 is 0. The van der Waals surface area contributed by atoms with Gasteiger partial charge in [0.05, 0.1) is 0 Å². The first-order valence-electron chi connectivity index (χ1n) is 7.33. The van der Waals surface area contributed by atoms with Gasteiger partial charge in [-0.3, -0.25) is 9.80 Å². The Labute approximate surface area is 105 Å². The van der Waals surface area contributed by atoms with Crippen molar-refractivity contribution in [2.45, 2.75) is 31.3 Å². The molecular formula is C13H26N4. The minimum atomic E-state index is 0.824. The van der Waals surface area contributed by atoms with E-state index in [-0.39, 0.29) is 0 Å². The molecule has 1 unspecified atom stereocenters. The summed E-state index contributed by atoms with van der Waals surface area (Å²) in [6.07, 6.45) is 4.06. The predicted molar refractivity (Wildman–Crippen MR) is 70.3 cm³/mol. The van der Waals surface area contributed by atoms with E-state index in [1.54, 1.807) is 0 Å². The highest BCUT2D eigenvalue weighted by Gasteiger charge is 2.29. The van der Waals surface area contributed by atoms with Gasteiger partial charge in [0.25, 0.3) is 0 Å². The number of piperidine rings is 1. The van der Waals surface area contributed by atoms with Gasteiger partial charge in [-0.1, -0.05) is 0 Å². The monoisotopic (exact) mass is 238 g/mol. The Morgan fingerprint density at radius 1 is 0.647 bits per heavy atom. The van der Waals surface area contributed by atoms with Crippen LogP contribution in [0.5, 0.6) is 0 Å². The van der Waals surface area contributed by atoms with Crippen LogP contribution in [0.4, 0.5) is 0 Å². The Balaban J connectivity index is 1.46. The topological polar surface area (TPSA) is 30.5 Å². The summed E-state index contributed by atoms with van der Waals surface area (Å²) in [5.41, 5.74) is 0. The second kappa shape index (κ2) is 5.65. The molecule has 3 rings (SSSR count). The van der Waals surface area contributed by atoms with E-state index in [9.17, 15) is 0 Å². The summed E-state index contributed by atoms with van der Waals surface area (Å²) in [5.74, 6) is 0. The number of hydrogen-bond donors (Lipinski definition) is 2. The molecule has 0 aromatic rings. The maximum Gasteiger partial charge on any atom is 0.0233 e. The average Bonchev–Trinajstić information content (AvgIpc) is 2.94. The summed E-state index contributed by atoms with van der Waals surface area (Å²) < 4.78 is 0. The lowest BCUT2D eigenvalue weighted by atomic mass is 10.0. The Bertz CT molecular complexity index is 226. The summed E-state index contributed by atoms with van der Waals surface area (Å²) in [6.45, 7) is 10.0. The molecule has 98 valence electrons. The molecule has 0 spiro atoms. The van der Waals surface area contributed by atoms with Crippen LogP contribution in [0, 0.1) is 0 Å². The van der Waals surface area contributed by atoms with Gasteiger partial charge in [-0.05, 0) is 38.9 Å². The first-order valence-corrected chi connectivity index (χ1v) is 7.33. The van der Waals surface area contributed by atoms with Crippen molar-refractivity contribution in [2.75, 3.05) is 52.4 Å². The second-order valence-electron chi connectivity index (χ2n) is 5.70. The van der Waals surface area contributed by atoms with Crippen LogP contribution < -0.4 is 10.6 Å². The predicted octanol–water partition coefficient (Wildman–Crippen LogP) is -0.282. The Hall–Kier alpha value is -0.160. The molecule has 3 fully saturated rings. The fraction of sp³-hybridized carbons (Fsp3) is 1.00. The Morgan fingerprint density at radius 3 is 1.76 bits per heavy atom. The van der Waals surface area contributed by atoms with Crippen molar-refractivity contribution in [2.24, 2.45) is 0 Å². The van der Waals surface area contributed by atoms with Crippen molar-refractivity contribution in [1.82, 2.24) is 20.4 Å². The fourth-order valence-electron chi connectivity index (χ4n) is 3.59. The maximum absolute atomic E-state index is 3.48. The molecule has 3 aliphatic heterocycles. The third kappa shape index (κ3) is 2.81. The van der Waals surface area contributed by atoms with Gasteiger partial charge in [0, 0.05) is 44.8 Å². The van der Waals surface area contributed by atoms with Crippen molar-refractivity contribution in [3.05, 3.63) is 0 Å². The number of nitrogens with one attached hydrogen (secondary N) is 2. The van der Waals surface area contributed by atoms with Gasteiger partial charge in [0.2, 0.25) is 0 Å². The lowest BCUT2D eigenvalue weighted by Crippen LogP contribution is -2.55. The molecule has 4 nitrogen and oxygen atoms in total. The van der Waals surface area contributed by atoms with Gasteiger partial charge >= 0.3 is 0 Å². The van der Waals surface area contributed by atoms with Crippen LogP contribution in [-0.4, -0.2) is 74.2 Å². The van der Waals surface area contributed by atoms with Crippen molar-refractivity contribution < 1.29 is 0 Å². The number of hydrogen-bond acceptors (Lipinski definition) is 4. The maximum atomic E-state index is 3.48. The Morgan fingerprint density at radius 2 is 1.18 bits per heavy atom. The summed E-state index contributed by atoms with van der Waals surface area (Å²) in [6, 6.07) is 1.69. The van der Waals surface area contributed by atoms with Crippen molar-refractivity contribution in [3.63, 3.8) is 0 Å². The molecule has 0 amide bonds. The lowest BCUT2D eigenvalue weighted by Gasteiger charge is -2.42. The normalized spacial score (nSPS) is 34.2. The number of nitrogens with zero attached hydrogens (tertiary/aromatic N) is 2. The molecule has 3 saturated heterocycles. The zero-order chi connectivity index (χ0) is 11.5. The van der Waals surface area contributed by atoms with Crippen LogP contribution in [0.3, 0.4) is 0 Å². The molecule has 0 aliphatic carbocycles. The highest BCUT2D eigenvalue weighted by molar-refractivity contribution is 4.87. The lowest BCUT2D eigenvalue weighted by molar-refractivity contribution is 0.0631. The van der Waals surface area contributed by atoms with Crippen LogP contribution in [0.2, 0.25) is 0 Å². The van der Waals surface area contributed by atoms with Gasteiger partial charge in [0.1, 0.15) is 0 Å². The van der Waals surface area contributed by atoms with E-state index in [1.165, 1.54) is 71.6 Å².